The van der Waals surface area contributed by atoms with E-state index in [9.17, 15) is 0 Å². The van der Waals surface area contributed by atoms with E-state index in [0.717, 1.165) is 5.56 Å². The summed E-state index contributed by atoms with van der Waals surface area (Å²) in [7, 11) is -2.72. The van der Waals surface area contributed by atoms with E-state index in [-0.39, 0.29) is 18.3 Å². The van der Waals surface area contributed by atoms with Crippen LogP contribution in [0.3, 0.4) is 0 Å². The van der Waals surface area contributed by atoms with E-state index in [1.807, 2.05) is 42.5 Å². The van der Waals surface area contributed by atoms with Crippen LogP contribution in [0.2, 0.25) is 5.04 Å². The monoisotopic (exact) mass is 582 g/mol. The minimum atomic E-state index is -2.72. The molecular weight excluding hydrogens is 550 g/mol. The lowest BCUT2D eigenvalue weighted by atomic mass is 10.2. The second kappa shape index (κ2) is 13.7. The van der Waals surface area contributed by atoms with Gasteiger partial charge in [0.25, 0.3) is 8.32 Å². The Balaban J connectivity index is 1.71. The molecule has 7 heteroatoms. The van der Waals surface area contributed by atoms with Gasteiger partial charge in [-0.15, -0.1) is 46.4 Å². The second-order valence-corrected chi connectivity index (χ2v) is 16.3. The molecule has 3 aromatic carbocycles. The van der Waals surface area contributed by atoms with Crippen LogP contribution < -0.4 is 10.4 Å². The smallest absolute Gasteiger partial charge is 0.261 e. The van der Waals surface area contributed by atoms with E-state index in [1.165, 1.54) is 10.4 Å². The van der Waals surface area contributed by atoms with Crippen molar-refractivity contribution in [3.05, 3.63) is 96.6 Å². The van der Waals surface area contributed by atoms with E-state index in [4.69, 9.17) is 55.6 Å². The SMILES string of the molecule is CC(C)(C)[Si](OC[C@H](Cl)[C@@H](Cl)[C@@H](Cl)[C@@H](Cl)COCc1ccccc1)(c1ccccc1)c1ccccc1. The maximum Gasteiger partial charge on any atom is 0.261 e. The number of rotatable bonds is 12. The minimum absolute atomic E-state index is 0.158. The predicted molar refractivity (Wildman–Crippen MR) is 158 cm³/mol. The summed E-state index contributed by atoms with van der Waals surface area (Å²) in [4.78, 5) is 0. The molecule has 194 valence electrons. The molecule has 0 heterocycles. The molecule has 0 saturated heterocycles. The molecule has 2 nitrogen and oxygen atoms in total. The fraction of sp³-hybridized carbons (Fsp3) is 0.379. The van der Waals surface area contributed by atoms with Crippen LogP contribution in [0.1, 0.15) is 26.3 Å². The van der Waals surface area contributed by atoms with Crippen molar-refractivity contribution in [3.8, 4) is 0 Å². The molecule has 0 unspecified atom stereocenters. The van der Waals surface area contributed by atoms with E-state index in [1.54, 1.807) is 0 Å². The molecule has 3 rings (SSSR count). The van der Waals surface area contributed by atoms with Crippen molar-refractivity contribution in [3.63, 3.8) is 0 Å². The number of hydrogen-bond donors (Lipinski definition) is 0. The lowest BCUT2D eigenvalue weighted by Gasteiger charge is -2.43. The van der Waals surface area contributed by atoms with Crippen LogP contribution in [0.5, 0.6) is 0 Å². The highest BCUT2D eigenvalue weighted by Gasteiger charge is 2.50. The quantitative estimate of drug-likeness (QED) is 0.166. The van der Waals surface area contributed by atoms with Crippen molar-refractivity contribution in [1.29, 1.82) is 0 Å². The Morgan fingerprint density at radius 3 is 1.50 bits per heavy atom. The second-order valence-electron chi connectivity index (χ2n) is 9.90. The Kier molecular flexibility index (Phi) is 11.2. The fourth-order valence-corrected chi connectivity index (χ4v) is 10.2. The molecule has 0 aromatic heterocycles. The van der Waals surface area contributed by atoms with Crippen LogP contribution in [-0.2, 0) is 15.8 Å². The minimum Gasteiger partial charge on any atom is -0.406 e. The van der Waals surface area contributed by atoms with Gasteiger partial charge in [0.1, 0.15) is 0 Å². The van der Waals surface area contributed by atoms with E-state index in [2.05, 4.69) is 69.3 Å². The number of halogens is 4. The standard InChI is InChI=1S/C29H34Cl4O2Si/c1-29(2,3)36(23-15-9-5-10-16-23,24-17-11-6-12-18-24)35-21-26(31)28(33)27(32)25(30)20-34-19-22-13-7-4-8-14-22/h4-18,25-28H,19-21H2,1-3H3/t25-,26-,27-,28+/m0/s1. The van der Waals surface area contributed by atoms with Crippen LogP contribution in [0.4, 0.5) is 0 Å². The average molecular weight is 584 g/mol. The van der Waals surface area contributed by atoms with Crippen LogP contribution in [0.15, 0.2) is 91.0 Å². The zero-order chi connectivity index (χ0) is 26.2. The third-order valence-electron chi connectivity index (χ3n) is 6.26. The van der Waals surface area contributed by atoms with Crippen LogP contribution in [-0.4, -0.2) is 43.0 Å². The molecule has 0 N–H and O–H groups in total. The molecule has 36 heavy (non-hydrogen) atoms. The summed E-state index contributed by atoms with van der Waals surface area (Å²) in [5.41, 5.74) is 1.07. The largest absolute Gasteiger partial charge is 0.406 e. The summed E-state index contributed by atoms with van der Waals surface area (Å²) >= 11 is 26.8. The molecule has 0 aliphatic carbocycles. The van der Waals surface area contributed by atoms with Gasteiger partial charge in [0.2, 0.25) is 0 Å². The maximum absolute atomic E-state index is 6.91. The first kappa shape index (κ1) is 29.5. The van der Waals surface area contributed by atoms with Gasteiger partial charge in [-0.05, 0) is 21.0 Å². The van der Waals surface area contributed by atoms with Gasteiger partial charge < -0.3 is 9.16 Å². The van der Waals surface area contributed by atoms with E-state index < -0.39 is 29.8 Å². The maximum atomic E-state index is 6.91. The lowest BCUT2D eigenvalue weighted by Crippen LogP contribution is -2.67. The highest BCUT2D eigenvalue weighted by Crippen LogP contribution is 2.37. The van der Waals surface area contributed by atoms with E-state index >= 15 is 0 Å². The molecule has 0 spiro atoms. The van der Waals surface area contributed by atoms with Crippen molar-refractivity contribution in [2.24, 2.45) is 0 Å². The van der Waals surface area contributed by atoms with Crippen molar-refractivity contribution in [1.82, 2.24) is 0 Å². The summed E-state index contributed by atoms with van der Waals surface area (Å²) in [5, 5.41) is -0.00683. The molecule has 4 atom stereocenters. The molecule has 0 bridgehead atoms. The first-order valence-electron chi connectivity index (χ1n) is 12.1. The average Bonchev–Trinajstić information content (AvgIpc) is 2.89. The van der Waals surface area contributed by atoms with Crippen LogP contribution in [0.25, 0.3) is 0 Å². The molecule has 0 fully saturated rings. The number of hydrogen-bond acceptors (Lipinski definition) is 2. The summed E-state index contributed by atoms with van der Waals surface area (Å²) in [6.45, 7) is 7.66. The Bertz CT molecular complexity index is 992. The molecule has 0 aliphatic heterocycles. The van der Waals surface area contributed by atoms with Crippen LogP contribution >= 0.6 is 46.4 Å². The van der Waals surface area contributed by atoms with Crippen molar-refractivity contribution in [2.45, 2.75) is 53.9 Å². The molecule has 0 saturated carbocycles. The van der Waals surface area contributed by atoms with Gasteiger partial charge in [0.15, 0.2) is 0 Å². The zero-order valence-corrected chi connectivity index (χ0v) is 24.9. The highest BCUT2D eigenvalue weighted by molar-refractivity contribution is 6.99. The zero-order valence-electron chi connectivity index (χ0n) is 20.9. The topological polar surface area (TPSA) is 18.5 Å². The third kappa shape index (κ3) is 7.29. The Morgan fingerprint density at radius 2 is 1.06 bits per heavy atom. The van der Waals surface area contributed by atoms with Crippen molar-refractivity contribution < 1.29 is 9.16 Å². The third-order valence-corrected chi connectivity index (χ3v) is 13.6. The number of ether oxygens (including phenoxy) is 1. The van der Waals surface area contributed by atoms with Gasteiger partial charge in [-0.1, -0.05) is 112 Å². The number of alkyl halides is 4. The normalized spacial score (nSPS) is 15.8. The molecule has 0 aliphatic rings. The first-order valence-corrected chi connectivity index (χ1v) is 15.7. The molecule has 0 amide bonds. The predicted octanol–water partition coefficient (Wildman–Crippen LogP) is 7.21. The van der Waals surface area contributed by atoms with Gasteiger partial charge in [-0.2, -0.15) is 0 Å². The Hall–Kier alpha value is -1.04. The van der Waals surface area contributed by atoms with Gasteiger partial charge in [0, 0.05) is 0 Å². The lowest BCUT2D eigenvalue weighted by molar-refractivity contribution is 0.119. The highest BCUT2D eigenvalue weighted by atomic mass is 35.5. The number of benzene rings is 3. The van der Waals surface area contributed by atoms with Crippen molar-refractivity contribution in [2.75, 3.05) is 13.2 Å². The van der Waals surface area contributed by atoms with Crippen LogP contribution in [0, 0.1) is 0 Å². The summed E-state index contributed by atoms with van der Waals surface area (Å²) in [5.74, 6) is 0. The van der Waals surface area contributed by atoms with Gasteiger partial charge in [-0.25, -0.2) is 0 Å². The summed E-state index contributed by atoms with van der Waals surface area (Å²) in [6, 6.07) is 30.8. The Morgan fingerprint density at radius 1 is 0.639 bits per heavy atom. The van der Waals surface area contributed by atoms with Gasteiger partial charge in [0.05, 0.1) is 41.3 Å². The first-order chi connectivity index (χ1) is 17.2. The Labute approximate surface area is 237 Å². The fourth-order valence-electron chi connectivity index (χ4n) is 4.41. The van der Waals surface area contributed by atoms with Gasteiger partial charge in [-0.3, -0.25) is 0 Å². The van der Waals surface area contributed by atoms with Gasteiger partial charge >= 0.3 is 0 Å². The van der Waals surface area contributed by atoms with Crippen molar-refractivity contribution >= 4 is 65.1 Å². The molecule has 3 aromatic rings. The molecule has 0 radical (unpaired) electrons. The summed E-state index contributed by atoms with van der Waals surface area (Å²) < 4.78 is 12.7. The summed E-state index contributed by atoms with van der Waals surface area (Å²) in [6.07, 6.45) is 0. The van der Waals surface area contributed by atoms with E-state index in [0.29, 0.717) is 6.61 Å². The molecular formula is C29H34Cl4O2Si.